The molecule has 0 amide bonds. The molecule has 0 aliphatic carbocycles. The van der Waals surface area contributed by atoms with E-state index < -0.39 is 11.7 Å². The van der Waals surface area contributed by atoms with Crippen LogP contribution >= 0.6 is 15.9 Å². The number of rotatable bonds is 3. The highest BCUT2D eigenvalue weighted by atomic mass is 79.9. The van der Waals surface area contributed by atoms with Crippen LogP contribution in [-0.2, 0) is 11.5 Å². The molecular formula is C14H18BrF3N2. The van der Waals surface area contributed by atoms with E-state index in [4.69, 9.17) is 0 Å². The minimum absolute atomic E-state index is 0.298. The van der Waals surface area contributed by atoms with Crippen molar-refractivity contribution in [2.45, 2.75) is 24.0 Å². The third-order valence-corrected chi connectivity index (χ3v) is 4.40. The number of halogens is 4. The van der Waals surface area contributed by atoms with Gasteiger partial charge in [-0.05, 0) is 38.2 Å². The van der Waals surface area contributed by atoms with Crippen molar-refractivity contribution in [1.82, 2.24) is 4.90 Å². The maximum atomic E-state index is 13.2. The number of likely N-dealkylation sites (N-methyl/N-ethyl adjacent to an activating group) is 1. The second kappa shape index (κ2) is 5.93. The van der Waals surface area contributed by atoms with E-state index in [1.165, 1.54) is 6.07 Å². The molecule has 112 valence electrons. The summed E-state index contributed by atoms with van der Waals surface area (Å²) in [6.07, 6.45) is -3.42. The Bertz CT molecular complexity index is 474. The first-order chi connectivity index (χ1) is 9.32. The van der Waals surface area contributed by atoms with E-state index in [0.29, 0.717) is 35.7 Å². The Kier molecular flexibility index (Phi) is 4.64. The maximum Gasteiger partial charge on any atom is 0.418 e. The number of hydrogen-bond donors (Lipinski definition) is 0. The maximum absolute atomic E-state index is 13.2. The average Bonchev–Trinajstić information content (AvgIpc) is 2.86. The van der Waals surface area contributed by atoms with Gasteiger partial charge >= 0.3 is 6.18 Å². The van der Waals surface area contributed by atoms with Crippen LogP contribution in [0.5, 0.6) is 0 Å². The van der Waals surface area contributed by atoms with Crippen LogP contribution in [0.1, 0.15) is 17.5 Å². The Balaban J connectivity index is 2.32. The highest BCUT2D eigenvalue weighted by molar-refractivity contribution is 9.08. The summed E-state index contributed by atoms with van der Waals surface area (Å²) in [5.41, 5.74) is 0.407. The molecule has 1 heterocycles. The molecule has 0 bridgehead atoms. The van der Waals surface area contributed by atoms with Crippen LogP contribution in [0.2, 0.25) is 0 Å². The van der Waals surface area contributed by atoms with E-state index in [0.717, 1.165) is 6.42 Å². The predicted molar refractivity (Wildman–Crippen MR) is 78.4 cm³/mol. The summed E-state index contributed by atoms with van der Waals surface area (Å²) in [5, 5.41) is 0.427. The first-order valence-corrected chi connectivity index (χ1v) is 7.62. The zero-order chi connectivity index (χ0) is 14.9. The Morgan fingerprint density at radius 1 is 1.35 bits per heavy atom. The third-order valence-electron chi connectivity index (χ3n) is 3.76. The lowest BCUT2D eigenvalue weighted by Gasteiger charge is -2.25. The van der Waals surface area contributed by atoms with Gasteiger partial charge in [0.15, 0.2) is 0 Å². The first kappa shape index (κ1) is 15.6. The van der Waals surface area contributed by atoms with Crippen molar-refractivity contribution >= 4 is 21.6 Å². The number of nitrogens with zero attached hydrogens (tertiary/aromatic N) is 2. The molecule has 6 heteroatoms. The van der Waals surface area contributed by atoms with Crippen LogP contribution in [0.25, 0.3) is 0 Å². The van der Waals surface area contributed by atoms with Crippen molar-refractivity contribution in [2.75, 3.05) is 32.1 Å². The molecule has 2 rings (SSSR count). The van der Waals surface area contributed by atoms with Crippen molar-refractivity contribution in [3.05, 3.63) is 29.3 Å². The Labute approximate surface area is 125 Å². The van der Waals surface area contributed by atoms with Crippen molar-refractivity contribution < 1.29 is 13.2 Å². The van der Waals surface area contributed by atoms with Crippen molar-refractivity contribution in [3.63, 3.8) is 0 Å². The molecule has 1 saturated heterocycles. The van der Waals surface area contributed by atoms with Gasteiger partial charge in [0.25, 0.3) is 0 Å². The molecule has 1 aromatic carbocycles. The van der Waals surface area contributed by atoms with Crippen LogP contribution in [0.3, 0.4) is 0 Å². The highest BCUT2D eigenvalue weighted by Crippen LogP contribution is 2.38. The molecule has 1 fully saturated rings. The number of benzene rings is 1. The molecule has 0 radical (unpaired) electrons. The van der Waals surface area contributed by atoms with Crippen LogP contribution in [0.4, 0.5) is 18.9 Å². The minimum atomic E-state index is -4.32. The standard InChI is InChI=1S/C14H18BrF3N2/c1-19(2)11-5-6-20(9-11)13-4-3-10(8-15)7-12(13)14(16,17)18/h3-4,7,11H,5-6,8-9H2,1-2H3. The summed E-state index contributed by atoms with van der Waals surface area (Å²) in [6, 6.07) is 4.90. The van der Waals surface area contributed by atoms with Crippen molar-refractivity contribution in [2.24, 2.45) is 0 Å². The summed E-state index contributed by atoms with van der Waals surface area (Å²) >= 11 is 3.21. The van der Waals surface area contributed by atoms with E-state index >= 15 is 0 Å². The molecule has 2 nitrogen and oxygen atoms in total. The van der Waals surface area contributed by atoms with Gasteiger partial charge in [0.05, 0.1) is 5.56 Å². The number of hydrogen-bond acceptors (Lipinski definition) is 2. The predicted octanol–water partition coefficient (Wildman–Crippen LogP) is 3.74. The molecule has 0 saturated carbocycles. The topological polar surface area (TPSA) is 6.48 Å². The van der Waals surface area contributed by atoms with Gasteiger partial charge in [-0.15, -0.1) is 0 Å². The number of alkyl halides is 4. The summed E-state index contributed by atoms with van der Waals surface area (Å²) in [6.45, 7) is 1.31. The molecule has 1 aliphatic heterocycles. The fourth-order valence-electron chi connectivity index (χ4n) is 2.55. The zero-order valence-corrected chi connectivity index (χ0v) is 13.1. The van der Waals surface area contributed by atoms with E-state index in [1.54, 1.807) is 12.1 Å². The highest BCUT2D eigenvalue weighted by Gasteiger charge is 2.36. The molecule has 20 heavy (non-hydrogen) atoms. The Hall–Kier alpha value is -0.750. The Morgan fingerprint density at radius 3 is 2.55 bits per heavy atom. The SMILES string of the molecule is CN(C)C1CCN(c2ccc(CBr)cc2C(F)(F)F)C1. The van der Waals surface area contributed by atoms with Gasteiger partial charge < -0.3 is 9.80 Å². The lowest BCUT2D eigenvalue weighted by Crippen LogP contribution is -2.32. The van der Waals surface area contributed by atoms with Crippen LogP contribution in [0, 0.1) is 0 Å². The second-order valence-corrected chi connectivity index (χ2v) is 5.90. The van der Waals surface area contributed by atoms with Gasteiger partial charge in [0.2, 0.25) is 0 Å². The lowest BCUT2D eigenvalue weighted by molar-refractivity contribution is -0.137. The summed E-state index contributed by atoms with van der Waals surface area (Å²) < 4.78 is 39.7. The van der Waals surface area contributed by atoms with E-state index in [9.17, 15) is 13.2 Å². The summed E-state index contributed by atoms with van der Waals surface area (Å²) in [5.74, 6) is 0. The monoisotopic (exact) mass is 350 g/mol. The average molecular weight is 351 g/mol. The molecule has 0 spiro atoms. The molecule has 1 aliphatic rings. The van der Waals surface area contributed by atoms with Gasteiger partial charge in [-0.3, -0.25) is 0 Å². The molecular weight excluding hydrogens is 333 g/mol. The fraction of sp³-hybridized carbons (Fsp3) is 0.571. The first-order valence-electron chi connectivity index (χ1n) is 6.50. The molecule has 1 unspecified atom stereocenters. The van der Waals surface area contributed by atoms with Gasteiger partial charge in [-0.2, -0.15) is 13.2 Å². The van der Waals surface area contributed by atoms with Gasteiger partial charge in [-0.25, -0.2) is 0 Å². The van der Waals surface area contributed by atoms with E-state index in [2.05, 4.69) is 20.8 Å². The van der Waals surface area contributed by atoms with Gasteiger partial charge in [0.1, 0.15) is 0 Å². The van der Waals surface area contributed by atoms with Gasteiger partial charge in [0, 0.05) is 30.1 Å². The largest absolute Gasteiger partial charge is 0.418 e. The number of anilines is 1. The van der Waals surface area contributed by atoms with Crippen LogP contribution in [0.15, 0.2) is 18.2 Å². The van der Waals surface area contributed by atoms with E-state index in [-0.39, 0.29) is 0 Å². The molecule has 1 atom stereocenters. The second-order valence-electron chi connectivity index (χ2n) is 5.34. The smallest absolute Gasteiger partial charge is 0.369 e. The van der Waals surface area contributed by atoms with Crippen LogP contribution < -0.4 is 4.90 Å². The Morgan fingerprint density at radius 2 is 2.05 bits per heavy atom. The zero-order valence-electron chi connectivity index (χ0n) is 11.5. The summed E-state index contributed by atoms with van der Waals surface area (Å²) in [4.78, 5) is 3.91. The normalized spacial score (nSPS) is 19.9. The summed E-state index contributed by atoms with van der Waals surface area (Å²) in [7, 11) is 3.93. The fourth-order valence-corrected chi connectivity index (χ4v) is 2.90. The quantitative estimate of drug-likeness (QED) is 0.766. The van der Waals surface area contributed by atoms with Crippen LogP contribution in [-0.4, -0.2) is 38.1 Å². The van der Waals surface area contributed by atoms with Crippen molar-refractivity contribution in [3.8, 4) is 0 Å². The lowest BCUT2D eigenvalue weighted by atomic mass is 10.1. The molecule has 0 N–H and O–H groups in total. The van der Waals surface area contributed by atoms with Gasteiger partial charge in [-0.1, -0.05) is 22.0 Å². The third kappa shape index (κ3) is 3.28. The molecule has 1 aromatic rings. The molecule has 0 aromatic heterocycles. The van der Waals surface area contributed by atoms with E-state index in [1.807, 2.05) is 19.0 Å². The van der Waals surface area contributed by atoms with Crippen molar-refractivity contribution in [1.29, 1.82) is 0 Å². The minimum Gasteiger partial charge on any atom is -0.369 e.